The lowest BCUT2D eigenvalue weighted by Gasteiger charge is -2.17. The molecule has 0 saturated heterocycles. The Bertz CT molecular complexity index is 447. The van der Waals surface area contributed by atoms with Gasteiger partial charge in [-0.05, 0) is 65.7 Å². The number of carbonyl (C=O) groups is 1. The first-order valence-electron chi connectivity index (χ1n) is 10.3. The molecule has 0 atom stereocenters. The van der Waals surface area contributed by atoms with E-state index >= 15 is 0 Å². The van der Waals surface area contributed by atoms with Crippen molar-refractivity contribution in [2.75, 3.05) is 0 Å². The lowest BCUT2D eigenvalue weighted by molar-refractivity contribution is -0.148. The molecule has 0 amide bonds. The van der Waals surface area contributed by atoms with Crippen molar-refractivity contribution in [1.82, 2.24) is 0 Å². The zero-order chi connectivity index (χ0) is 19.5. The zero-order valence-corrected chi connectivity index (χ0v) is 17.5. The van der Waals surface area contributed by atoms with Gasteiger partial charge in [0.2, 0.25) is 0 Å². The fourth-order valence-electron chi connectivity index (χ4n) is 2.40. The van der Waals surface area contributed by atoms with Crippen molar-refractivity contribution >= 4 is 5.97 Å². The second kappa shape index (κ2) is 16.9. The van der Waals surface area contributed by atoms with Gasteiger partial charge in [-0.3, -0.25) is 0 Å². The minimum Gasteiger partial charge on any atom is -0.457 e. The summed E-state index contributed by atoms with van der Waals surface area (Å²) < 4.78 is 5.23. The number of allylic oxidation sites excluding steroid dienone is 7. The molecule has 2 nitrogen and oxygen atoms in total. The summed E-state index contributed by atoms with van der Waals surface area (Å²) in [5.41, 5.74) is -0.405. The summed E-state index contributed by atoms with van der Waals surface area (Å²) in [5, 5.41) is 0. The van der Waals surface area contributed by atoms with Crippen LogP contribution in [0.1, 0.15) is 91.9 Å². The monoisotopic (exact) mass is 360 g/mol. The van der Waals surface area contributed by atoms with Crippen molar-refractivity contribution in [3.8, 4) is 0 Å². The molecule has 0 saturated carbocycles. The molecule has 0 unspecified atom stereocenters. The predicted molar refractivity (Wildman–Crippen MR) is 114 cm³/mol. The van der Waals surface area contributed by atoms with Gasteiger partial charge in [0.05, 0.1) is 0 Å². The molecule has 148 valence electrons. The van der Waals surface area contributed by atoms with E-state index in [1.54, 1.807) is 6.08 Å². The molecular weight excluding hydrogens is 320 g/mol. The smallest absolute Gasteiger partial charge is 0.330 e. The minimum absolute atomic E-state index is 0.239. The van der Waals surface area contributed by atoms with E-state index in [4.69, 9.17) is 4.74 Å². The van der Waals surface area contributed by atoms with Gasteiger partial charge in [-0.15, -0.1) is 0 Å². The molecule has 0 aliphatic rings. The van der Waals surface area contributed by atoms with E-state index in [0.717, 1.165) is 32.1 Å². The molecule has 0 aromatic rings. The Morgan fingerprint density at radius 2 is 1.23 bits per heavy atom. The quantitative estimate of drug-likeness (QED) is 0.139. The van der Waals surface area contributed by atoms with Crippen molar-refractivity contribution in [2.45, 2.75) is 97.5 Å². The zero-order valence-electron chi connectivity index (χ0n) is 17.5. The molecule has 0 aliphatic heterocycles. The number of ether oxygens (including phenoxy) is 1. The van der Waals surface area contributed by atoms with Gasteiger partial charge < -0.3 is 4.74 Å². The number of rotatable bonds is 14. The molecule has 0 fully saturated rings. The average Bonchev–Trinajstić information content (AvgIpc) is 2.56. The molecule has 0 spiro atoms. The van der Waals surface area contributed by atoms with Crippen LogP contribution in [0.2, 0.25) is 0 Å². The van der Waals surface area contributed by atoms with Gasteiger partial charge in [0.25, 0.3) is 0 Å². The molecule has 0 aliphatic carbocycles. The van der Waals surface area contributed by atoms with Gasteiger partial charge >= 0.3 is 5.97 Å². The van der Waals surface area contributed by atoms with Crippen LogP contribution in [0.15, 0.2) is 48.6 Å². The van der Waals surface area contributed by atoms with Gasteiger partial charge in [-0.1, -0.05) is 68.7 Å². The highest BCUT2D eigenvalue weighted by molar-refractivity contribution is 5.82. The van der Waals surface area contributed by atoms with E-state index in [0.29, 0.717) is 0 Å². The average molecular weight is 361 g/mol. The third-order valence-corrected chi connectivity index (χ3v) is 3.68. The Kier molecular flexibility index (Phi) is 15.9. The molecular formula is C24H40O2. The van der Waals surface area contributed by atoms with Gasteiger partial charge in [-0.2, -0.15) is 0 Å². The maximum atomic E-state index is 11.5. The summed E-state index contributed by atoms with van der Waals surface area (Å²) in [7, 11) is 0. The van der Waals surface area contributed by atoms with Gasteiger partial charge in [-0.25, -0.2) is 4.79 Å². The predicted octanol–water partition coefficient (Wildman–Crippen LogP) is 7.47. The fraction of sp³-hybridized carbons (Fsp3) is 0.625. The molecule has 0 bridgehead atoms. The summed E-state index contributed by atoms with van der Waals surface area (Å²) in [5.74, 6) is -0.239. The summed E-state index contributed by atoms with van der Waals surface area (Å²) in [6.07, 6.45) is 28.5. The molecule has 0 aromatic heterocycles. The van der Waals surface area contributed by atoms with Crippen LogP contribution in [0, 0.1) is 0 Å². The lowest BCUT2D eigenvalue weighted by Crippen LogP contribution is -2.22. The summed E-state index contributed by atoms with van der Waals surface area (Å²) in [6.45, 7) is 7.82. The van der Waals surface area contributed by atoms with Crippen LogP contribution >= 0.6 is 0 Å². The summed E-state index contributed by atoms with van der Waals surface area (Å²) in [6, 6.07) is 0. The second-order valence-electron chi connectivity index (χ2n) is 7.57. The largest absolute Gasteiger partial charge is 0.457 e. The Hall–Kier alpha value is -1.57. The van der Waals surface area contributed by atoms with Gasteiger partial charge in [0.1, 0.15) is 5.60 Å². The maximum absolute atomic E-state index is 11.5. The lowest BCUT2D eigenvalue weighted by atomic mass is 10.1. The van der Waals surface area contributed by atoms with Crippen LogP contribution in [0.3, 0.4) is 0 Å². The van der Waals surface area contributed by atoms with Crippen LogP contribution in [-0.4, -0.2) is 11.6 Å². The third-order valence-electron chi connectivity index (χ3n) is 3.68. The summed E-state index contributed by atoms with van der Waals surface area (Å²) in [4.78, 5) is 11.5. The van der Waals surface area contributed by atoms with Gasteiger partial charge in [0, 0.05) is 6.08 Å². The number of hydrogen-bond acceptors (Lipinski definition) is 2. The van der Waals surface area contributed by atoms with Crippen LogP contribution in [0.5, 0.6) is 0 Å². The topological polar surface area (TPSA) is 26.3 Å². The standard InChI is InChI=1S/C24H40O2/c1-5-6-7-8-9-10-11-12-13-14-15-16-17-18-19-20-21-22-23(25)26-24(2,3)4/h6-7,9-10,12-13,21-22H,5,8,11,14-20H2,1-4H3/b7-6-,10-9-,13-12-,22-21+. The molecule has 0 N–H and O–H groups in total. The molecule has 0 aromatic carbocycles. The van der Waals surface area contributed by atoms with E-state index in [1.807, 2.05) is 26.8 Å². The molecule has 0 radical (unpaired) electrons. The normalized spacial score (nSPS) is 12.9. The van der Waals surface area contributed by atoms with Crippen LogP contribution in [0.25, 0.3) is 0 Å². The minimum atomic E-state index is -0.405. The molecule has 2 heteroatoms. The van der Waals surface area contributed by atoms with E-state index in [9.17, 15) is 4.79 Å². The van der Waals surface area contributed by atoms with Crippen LogP contribution in [-0.2, 0) is 9.53 Å². The van der Waals surface area contributed by atoms with Gasteiger partial charge in [0.15, 0.2) is 0 Å². The number of carbonyl (C=O) groups excluding carboxylic acids is 1. The van der Waals surface area contributed by atoms with E-state index in [-0.39, 0.29) is 5.97 Å². The Balaban J connectivity index is 3.42. The first-order valence-corrected chi connectivity index (χ1v) is 10.3. The van der Waals surface area contributed by atoms with E-state index < -0.39 is 5.60 Å². The van der Waals surface area contributed by atoms with Crippen molar-refractivity contribution in [3.05, 3.63) is 48.6 Å². The highest BCUT2D eigenvalue weighted by atomic mass is 16.6. The van der Waals surface area contributed by atoms with E-state index in [2.05, 4.69) is 43.4 Å². The van der Waals surface area contributed by atoms with Crippen LogP contribution < -0.4 is 0 Å². The summed E-state index contributed by atoms with van der Waals surface area (Å²) >= 11 is 0. The van der Waals surface area contributed by atoms with E-state index in [1.165, 1.54) is 32.1 Å². The number of hydrogen-bond donors (Lipinski definition) is 0. The first kappa shape index (κ1) is 24.4. The Morgan fingerprint density at radius 1 is 0.731 bits per heavy atom. The number of unbranched alkanes of at least 4 members (excludes halogenated alkanes) is 6. The van der Waals surface area contributed by atoms with Crippen molar-refractivity contribution in [3.63, 3.8) is 0 Å². The molecule has 0 rings (SSSR count). The second-order valence-corrected chi connectivity index (χ2v) is 7.57. The Morgan fingerprint density at radius 3 is 1.81 bits per heavy atom. The highest BCUT2D eigenvalue weighted by Crippen LogP contribution is 2.10. The highest BCUT2D eigenvalue weighted by Gasteiger charge is 2.13. The number of esters is 1. The van der Waals surface area contributed by atoms with Crippen molar-refractivity contribution in [2.24, 2.45) is 0 Å². The van der Waals surface area contributed by atoms with Crippen molar-refractivity contribution in [1.29, 1.82) is 0 Å². The van der Waals surface area contributed by atoms with Crippen molar-refractivity contribution < 1.29 is 9.53 Å². The Labute approximate surface area is 162 Å². The molecule has 26 heavy (non-hydrogen) atoms. The first-order chi connectivity index (χ1) is 12.5. The maximum Gasteiger partial charge on any atom is 0.330 e. The van der Waals surface area contributed by atoms with Crippen LogP contribution in [0.4, 0.5) is 0 Å². The third kappa shape index (κ3) is 20.5. The SMILES string of the molecule is CC/C=C\C/C=C\C/C=C\CCCCCCC/C=C/C(=O)OC(C)(C)C. The fourth-order valence-corrected chi connectivity index (χ4v) is 2.40. The molecule has 0 heterocycles.